The van der Waals surface area contributed by atoms with Crippen molar-refractivity contribution >= 4 is 16.5 Å². The zero-order valence-corrected chi connectivity index (χ0v) is 6.85. The Kier molecular flexibility index (Phi) is 5.85. The van der Waals surface area contributed by atoms with Crippen molar-refractivity contribution in [2.75, 3.05) is 0 Å². The van der Waals surface area contributed by atoms with Gasteiger partial charge in [-0.25, -0.2) is 4.79 Å². The molecular formula is C2HAgF3O4S. The molecule has 0 aromatic heterocycles. The Morgan fingerprint density at radius 1 is 1.36 bits per heavy atom. The monoisotopic (exact) mass is 285 g/mol. The number of carbonyl (C=O) groups excluding carboxylic acids is 1. The first kappa shape index (κ1) is 13.5. The maximum Gasteiger partial charge on any atom is 0.491 e. The zero-order chi connectivity index (χ0) is 8.36. The first-order valence-electron chi connectivity index (χ1n) is 1.79. The van der Waals surface area contributed by atoms with Crippen molar-refractivity contribution in [3.05, 3.63) is 0 Å². The summed E-state index contributed by atoms with van der Waals surface area (Å²) in [6.45, 7) is 0. The minimum Gasteiger partial charge on any atom is -0.316 e. The molecule has 0 aliphatic rings. The summed E-state index contributed by atoms with van der Waals surface area (Å²) in [6.07, 6.45) is -3.65. The van der Waals surface area contributed by atoms with Crippen LogP contribution in [0.25, 0.3) is 0 Å². The summed E-state index contributed by atoms with van der Waals surface area (Å²) in [5, 5.41) is 0. The third kappa shape index (κ3) is 7.85. The van der Waals surface area contributed by atoms with Crippen molar-refractivity contribution < 1.29 is 52.4 Å². The minimum atomic E-state index is -5.60. The van der Waals surface area contributed by atoms with Crippen molar-refractivity contribution in [3.63, 3.8) is 0 Å². The number of halogens is 3. The SMILES string of the molecule is O=C(OS(=O)(=O)F)C(F)F.[Ag]. The summed E-state index contributed by atoms with van der Waals surface area (Å²) in [7, 11) is -5.60. The van der Waals surface area contributed by atoms with Crippen LogP contribution >= 0.6 is 0 Å². The Morgan fingerprint density at radius 3 is 1.82 bits per heavy atom. The summed E-state index contributed by atoms with van der Waals surface area (Å²) in [6, 6.07) is 0. The van der Waals surface area contributed by atoms with Crippen molar-refractivity contribution in [2.45, 2.75) is 6.43 Å². The first-order valence-corrected chi connectivity index (χ1v) is 3.10. The van der Waals surface area contributed by atoms with Crippen LogP contribution in [-0.2, 0) is 41.9 Å². The molecule has 0 heterocycles. The van der Waals surface area contributed by atoms with E-state index in [1.54, 1.807) is 0 Å². The Hall–Kier alpha value is -0.0497. The Balaban J connectivity index is 0. The van der Waals surface area contributed by atoms with E-state index < -0.39 is 22.9 Å². The summed E-state index contributed by atoms with van der Waals surface area (Å²) in [5.41, 5.74) is 0. The van der Waals surface area contributed by atoms with Gasteiger partial charge >= 0.3 is 22.9 Å². The second-order valence-electron chi connectivity index (χ2n) is 1.10. The van der Waals surface area contributed by atoms with E-state index in [9.17, 15) is 25.9 Å². The molecule has 0 unspecified atom stereocenters. The van der Waals surface area contributed by atoms with Gasteiger partial charge in [0.25, 0.3) is 0 Å². The molecular weight excluding hydrogens is 285 g/mol. The number of rotatable bonds is 2. The van der Waals surface area contributed by atoms with E-state index in [0.717, 1.165) is 0 Å². The number of alkyl halides is 2. The van der Waals surface area contributed by atoms with E-state index in [1.807, 2.05) is 0 Å². The first-order chi connectivity index (χ1) is 4.33. The normalized spacial score (nSPS) is 10.5. The van der Waals surface area contributed by atoms with Gasteiger partial charge in [0.05, 0.1) is 0 Å². The fraction of sp³-hybridized carbons (Fsp3) is 0.500. The number of carbonyl (C=O) groups is 1. The summed E-state index contributed by atoms with van der Waals surface area (Å²) in [5.74, 6) is -2.43. The van der Waals surface area contributed by atoms with Gasteiger partial charge in [0.2, 0.25) is 0 Å². The van der Waals surface area contributed by atoms with Crippen LogP contribution in [0.3, 0.4) is 0 Å². The van der Waals surface area contributed by atoms with Gasteiger partial charge in [0.15, 0.2) is 0 Å². The molecule has 1 radical (unpaired) electrons. The molecule has 0 N–H and O–H groups in total. The molecule has 11 heavy (non-hydrogen) atoms. The average molecular weight is 286 g/mol. The third-order valence-electron chi connectivity index (χ3n) is 0.360. The van der Waals surface area contributed by atoms with Gasteiger partial charge in [0, 0.05) is 22.4 Å². The summed E-state index contributed by atoms with van der Waals surface area (Å²) < 4.78 is 54.5. The number of hydrogen-bond donors (Lipinski definition) is 0. The molecule has 0 spiro atoms. The molecule has 4 nitrogen and oxygen atoms in total. The predicted octanol–water partition coefficient (Wildman–Crippen LogP) is 0.00650. The molecule has 0 aliphatic carbocycles. The maximum atomic E-state index is 11.2. The smallest absolute Gasteiger partial charge is 0.316 e. The van der Waals surface area contributed by atoms with Crippen LogP contribution in [0, 0.1) is 0 Å². The Bertz CT molecular complexity index is 223. The van der Waals surface area contributed by atoms with Gasteiger partial charge in [0.1, 0.15) is 0 Å². The molecule has 0 bridgehead atoms. The Labute approximate surface area is 75.6 Å². The molecule has 71 valence electrons. The molecule has 0 atom stereocenters. The quantitative estimate of drug-likeness (QED) is 0.530. The minimum absolute atomic E-state index is 0. The molecule has 0 amide bonds. The van der Waals surface area contributed by atoms with Crippen LogP contribution < -0.4 is 0 Å². The van der Waals surface area contributed by atoms with Crippen LogP contribution in [0.15, 0.2) is 0 Å². The molecule has 0 aliphatic heterocycles. The van der Waals surface area contributed by atoms with Crippen LogP contribution in [0.4, 0.5) is 12.7 Å². The molecule has 0 saturated carbocycles. The van der Waals surface area contributed by atoms with Crippen molar-refractivity contribution in [3.8, 4) is 0 Å². The average Bonchev–Trinajstić information content (AvgIpc) is 1.60. The fourth-order valence-corrected chi connectivity index (χ4v) is 0.403. The van der Waals surface area contributed by atoms with Crippen LogP contribution in [0.1, 0.15) is 0 Å². The molecule has 0 rings (SSSR count). The topological polar surface area (TPSA) is 60.4 Å². The molecule has 0 aromatic carbocycles. The van der Waals surface area contributed by atoms with Gasteiger partial charge in [-0.05, 0) is 0 Å². The van der Waals surface area contributed by atoms with Gasteiger partial charge in [-0.15, -0.1) is 0 Å². The largest absolute Gasteiger partial charge is 0.491 e. The number of hydrogen-bond acceptors (Lipinski definition) is 4. The van der Waals surface area contributed by atoms with E-state index in [-0.39, 0.29) is 22.4 Å². The molecule has 0 saturated heterocycles. The van der Waals surface area contributed by atoms with Crippen molar-refractivity contribution in [2.24, 2.45) is 0 Å². The van der Waals surface area contributed by atoms with E-state index in [2.05, 4.69) is 4.18 Å². The summed E-state index contributed by atoms with van der Waals surface area (Å²) >= 11 is 0. The standard InChI is InChI=1S/C2HF3O4S.Ag/c3-1(4)2(6)9-10(5,7)8;/h1H;. The van der Waals surface area contributed by atoms with Crippen LogP contribution in [0.2, 0.25) is 0 Å². The van der Waals surface area contributed by atoms with Crippen molar-refractivity contribution in [1.82, 2.24) is 0 Å². The maximum absolute atomic E-state index is 11.2. The van der Waals surface area contributed by atoms with E-state index >= 15 is 0 Å². The van der Waals surface area contributed by atoms with E-state index in [0.29, 0.717) is 0 Å². The Morgan fingerprint density at radius 2 is 1.73 bits per heavy atom. The van der Waals surface area contributed by atoms with E-state index in [1.165, 1.54) is 0 Å². The van der Waals surface area contributed by atoms with Gasteiger partial charge < -0.3 is 4.18 Å². The van der Waals surface area contributed by atoms with E-state index in [4.69, 9.17) is 0 Å². The second kappa shape index (κ2) is 4.75. The predicted molar refractivity (Wildman–Crippen MR) is 22.1 cm³/mol. The zero-order valence-electron chi connectivity index (χ0n) is 4.55. The van der Waals surface area contributed by atoms with Crippen LogP contribution in [0.5, 0.6) is 0 Å². The van der Waals surface area contributed by atoms with Crippen molar-refractivity contribution in [1.29, 1.82) is 0 Å². The fourth-order valence-electron chi connectivity index (χ4n) is 0.134. The summed E-state index contributed by atoms with van der Waals surface area (Å²) in [4.78, 5) is 9.57. The van der Waals surface area contributed by atoms with Gasteiger partial charge in [-0.1, -0.05) is 3.89 Å². The third-order valence-corrected chi connectivity index (χ3v) is 0.723. The molecule has 0 fully saturated rings. The molecule has 9 heteroatoms. The second-order valence-corrected chi connectivity index (χ2v) is 2.05. The van der Waals surface area contributed by atoms with Gasteiger partial charge in [-0.2, -0.15) is 17.2 Å². The van der Waals surface area contributed by atoms with Crippen LogP contribution in [-0.4, -0.2) is 20.8 Å². The molecule has 0 aromatic rings. The van der Waals surface area contributed by atoms with Gasteiger partial charge in [-0.3, -0.25) is 0 Å².